The molecule has 0 aliphatic rings. The second-order valence-electron chi connectivity index (χ2n) is 3.71. The largest absolute Gasteiger partial charge is 0.508 e. The summed E-state index contributed by atoms with van der Waals surface area (Å²) < 4.78 is 0. The van der Waals surface area contributed by atoms with Crippen LogP contribution in [0, 0.1) is 6.92 Å². The van der Waals surface area contributed by atoms with Crippen LogP contribution in [0.25, 0.3) is 0 Å². The number of hydrogen-bond donors (Lipinski definition) is 2. The Morgan fingerprint density at radius 3 is 2.88 bits per heavy atom. The highest BCUT2D eigenvalue weighted by molar-refractivity contribution is 5.53. The average molecular weight is 214 g/mol. The Hall–Kier alpha value is -2.03. The average Bonchev–Trinajstić information content (AvgIpc) is 2.29. The third-order valence-corrected chi connectivity index (χ3v) is 2.42. The number of benzene rings is 1. The van der Waals surface area contributed by atoms with Crippen LogP contribution < -0.4 is 5.32 Å². The smallest absolute Gasteiger partial charge is 0.115 e. The van der Waals surface area contributed by atoms with Gasteiger partial charge >= 0.3 is 0 Å². The van der Waals surface area contributed by atoms with E-state index in [0.717, 1.165) is 23.4 Å². The Balaban J connectivity index is 2.05. The Morgan fingerprint density at radius 1 is 1.31 bits per heavy atom. The summed E-state index contributed by atoms with van der Waals surface area (Å²) in [6, 6.07) is 9.24. The SMILES string of the molecule is Cc1cc(O)ccc1NCc1cccnc1. The van der Waals surface area contributed by atoms with Gasteiger partial charge in [-0.3, -0.25) is 4.98 Å². The molecule has 0 aliphatic carbocycles. The molecule has 0 saturated carbocycles. The summed E-state index contributed by atoms with van der Waals surface area (Å²) in [5.41, 5.74) is 3.19. The second kappa shape index (κ2) is 4.66. The molecule has 3 heteroatoms. The van der Waals surface area contributed by atoms with Gasteiger partial charge in [0.1, 0.15) is 5.75 Å². The van der Waals surface area contributed by atoms with Crippen molar-refractivity contribution in [1.29, 1.82) is 0 Å². The molecule has 0 fully saturated rings. The van der Waals surface area contributed by atoms with Crippen LogP contribution in [-0.2, 0) is 6.54 Å². The lowest BCUT2D eigenvalue weighted by Gasteiger charge is -2.09. The predicted molar refractivity (Wildman–Crippen MR) is 64.4 cm³/mol. The number of aromatic hydroxyl groups is 1. The van der Waals surface area contributed by atoms with Crippen molar-refractivity contribution in [2.24, 2.45) is 0 Å². The highest BCUT2D eigenvalue weighted by atomic mass is 16.3. The Bertz CT molecular complexity index is 469. The molecule has 0 spiro atoms. The maximum Gasteiger partial charge on any atom is 0.115 e. The van der Waals surface area contributed by atoms with Crippen molar-refractivity contribution < 1.29 is 5.11 Å². The number of hydrogen-bond acceptors (Lipinski definition) is 3. The lowest BCUT2D eigenvalue weighted by atomic mass is 10.2. The zero-order valence-corrected chi connectivity index (χ0v) is 9.14. The zero-order chi connectivity index (χ0) is 11.4. The Labute approximate surface area is 94.8 Å². The van der Waals surface area contributed by atoms with Gasteiger partial charge in [0.05, 0.1) is 0 Å². The number of phenols is 1. The van der Waals surface area contributed by atoms with E-state index in [4.69, 9.17) is 0 Å². The number of phenolic OH excluding ortho intramolecular Hbond substituents is 1. The number of nitrogens with one attached hydrogen (secondary N) is 1. The molecule has 1 aromatic carbocycles. The lowest BCUT2D eigenvalue weighted by molar-refractivity contribution is 0.475. The molecule has 1 aromatic heterocycles. The molecule has 82 valence electrons. The number of anilines is 1. The van der Waals surface area contributed by atoms with Crippen molar-refractivity contribution in [3.05, 3.63) is 53.9 Å². The normalized spacial score (nSPS) is 10.1. The van der Waals surface area contributed by atoms with Gasteiger partial charge in [-0.05, 0) is 42.3 Å². The Morgan fingerprint density at radius 2 is 2.19 bits per heavy atom. The van der Waals surface area contributed by atoms with E-state index in [0.29, 0.717) is 5.75 Å². The first-order chi connectivity index (χ1) is 7.75. The van der Waals surface area contributed by atoms with Gasteiger partial charge in [-0.25, -0.2) is 0 Å². The van der Waals surface area contributed by atoms with Crippen LogP contribution in [-0.4, -0.2) is 10.1 Å². The summed E-state index contributed by atoms with van der Waals surface area (Å²) in [6.07, 6.45) is 3.60. The standard InChI is InChI=1S/C13H14N2O/c1-10-7-12(16)4-5-13(10)15-9-11-3-2-6-14-8-11/h2-8,15-16H,9H2,1H3. The molecule has 0 atom stereocenters. The molecule has 0 radical (unpaired) electrons. The summed E-state index contributed by atoms with van der Waals surface area (Å²) in [6.45, 7) is 2.70. The minimum Gasteiger partial charge on any atom is -0.508 e. The van der Waals surface area contributed by atoms with Crippen LogP contribution in [0.3, 0.4) is 0 Å². The minimum atomic E-state index is 0.296. The summed E-state index contributed by atoms with van der Waals surface area (Å²) in [5, 5.41) is 12.6. The van der Waals surface area contributed by atoms with E-state index in [1.54, 1.807) is 18.3 Å². The first kappa shape index (κ1) is 10.5. The van der Waals surface area contributed by atoms with Crippen LogP contribution in [0.5, 0.6) is 5.75 Å². The van der Waals surface area contributed by atoms with Crippen molar-refractivity contribution >= 4 is 5.69 Å². The van der Waals surface area contributed by atoms with Crippen molar-refractivity contribution in [3.8, 4) is 5.75 Å². The van der Waals surface area contributed by atoms with E-state index in [9.17, 15) is 5.11 Å². The predicted octanol–water partition coefficient (Wildman–Crippen LogP) is 2.71. The van der Waals surface area contributed by atoms with Crippen molar-refractivity contribution in [1.82, 2.24) is 4.98 Å². The van der Waals surface area contributed by atoms with Gasteiger partial charge in [0.25, 0.3) is 0 Å². The number of rotatable bonds is 3. The van der Waals surface area contributed by atoms with Crippen LogP contribution in [0.2, 0.25) is 0 Å². The maximum absolute atomic E-state index is 9.28. The quantitative estimate of drug-likeness (QED) is 0.772. The topological polar surface area (TPSA) is 45.1 Å². The van der Waals surface area contributed by atoms with Gasteiger partial charge in [-0.1, -0.05) is 6.07 Å². The number of aromatic nitrogens is 1. The number of nitrogens with zero attached hydrogens (tertiary/aromatic N) is 1. The molecule has 0 unspecified atom stereocenters. The fourth-order valence-electron chi connectivity index (χ4n) is 1.55. The van der Waals surface area contributed by atoms with E-state index in [1.807, 2.05) is 31.3 Å². The Kier molecular flexibility index (Phi) is 3.05. The molecule has 0 saturated heterocycles. The minimum absolute atomic E-state index is 0.296. The monoisotopic (exact) mass is 214 g/mol. The molecule has 3 nitrogen and oxygen atoms in total. The molecule has 0 bridgehead atoms. The number of aryl methyl sites for hydroxylation is 1. The van der Waals surface area contributed by atoms with Gasteiger partial charge in [0.2, 0.25) is 0 Å². The molecular formula is C13H14N2O. The molecule has 16 heavy (non-hydrogen) atoms. The van der Waals surface area contributed by atoms with E-state index in [-0.39, 0.29) is 0 Å². The van der Waals surface area contributed by atoms with Crippen LogP contribution >= 0.6 is 0 Å². The molecule has 0 amide bonds. The van der Waals surface area contributed by atoms with Crippen molar-refractivity contribution in [2.75, 3.05) is 5.32 Å². The van der Waals surface area contributed by atoms with Gasteiger partial charge in [-0.2, -0.15) is 0 Å². The highest BCUT2D eigenvalue weighted by Gasteiger charge is 1.99. The first-order valence-electron chi connectivity index (χ1n) is 5.18. The fraction of sp³-hybridized carbons (Fsp3) is 0.154. The summed E-state index contributed by atoms with van der Waals surface area (Å²) in [7, 11) is 0. The molecular weight excluding hydrogens is 200 g/mol. The van der Waals surface area contributed by atoms with E-state index in [1.165, 1.54) is 0 Å². The summed E-state index contributed by atoms with van der Waals surface area (Å²) in [4.78, 5) is 4.05. The molecule has 2 N–H and O–H groups in total. The van der Waals surface area contributed by atoms with Gasteiger partial charge < -0.3 is 10.4 Å². The van der Waals surface area contributed by atoms with Crippen LogP contribution in [0.15, 0.2) is 42.7 Å². The van der Waals surface area contributed by atoms with Crippen molar-refractivity contribution in [3.63, 3.8) is 0 Å². The molecule has 0 aliphatic heterocycles. The van der Waals surface area contributed by atoms with Gasteiger partial charge in [0.15, 0.2) is 0 Å². The van der Waals surface area contributed by atoms with Crippen molar-refractivity contribution in [2.45, 2.75) is 13.5 Å². The highest BCUT2D eigenvalue weighted by Crippen LogP contribution is 2.20. The third-order valence-electron chi connectivity index (χ3n) is 2.42. The van der Waals surface area contributed by atoms with Crippen LogP contribution in [0.4, 0.5) is 5.69 Å². The maximum atomic E-state index is 9.28. The van der Waals surface area contributed by atoms with E-state index < -0.39 is 0 Å². The van der Waals surface area contributed by atoms with Crippen LogP contribution in [0.1, 0.15) is 11.1 Å². The summed E-state index contributed by atoms with van der Waals surface area (Å²) in [5.74, 6) is 0.296. The zero-order valence-electron chi connectivity index (χ0n) is 9.14. The second-order valence-corrected chi connectivity index (χ2v) is 3.71. The number of pyridine rings is 1. The van der Waals surface area contributed by atoms with E-state index in [2.05, 4.69) is 10.3 Å². The first-order valence-corrected chi connectivity index (χ1v) is 5.18. The molecule has 2 aromatic rings. The van der Waals surface area contributed by atoms with Gasteiger partial charge in [-0.15, -0.1) is 0 Å². The molecule has 1 heterocycles. The van der Waals surface area contributed by atoms with Gasteiger partial charge in [0, 0.05) is 24.6 Å². The van der Waals surface area contributed by atoms with E-state index >= 15 is 0 Å². The summed E-state index contributed by atoms with van der Waals surface area (Å²) >= 11 is 0. The molecule has 2 rings (SSSR count). The fourth-order valence-corrected chi connectivity index (χ4v) is 1.55. The third kappa shape index (κ3) is 2.51. The lowest BCUT2D eigenvalue weighted by Crippen LogP contribution is -2.00.